The molecule has 3 rings (SSSR count). The van der Waals surface area contributed by atoms with Crippen LogP contribution in [0.2, 0.25) is 0 Å². The van der Waals surface area contributed by atoms with Crippen molar-refractivity contribution in [2.24, 2.45) is 0 Å². The van der Waals surface area contributed by atoms with Crippen LogP contribution in [0.3, 0.4) is 0 Å². The van der Waals surface area contributed by atoms with Crippen molar-refractivity contribution >= 4 is 14.9 Å². The van der Waals surface area contributed by atoms with Gasteiger partial charge in [0.2, 0.25) is 0 Å². The molecule has 0 saturated carbocycles. The van der Waals surface area contributed by atoms with E-state index in [1.807, 2.05) is 0 Å². The third-order valence-corrected chi connectivity index (χ3v) is 7.84. The fourth-order valence-corrected chi connectivity index (χ4v) is 5.34. The Kier molecular flexibility index (Phi) is 5.60. The topological polar surface area (TPSA) is 85.2 Å². The first-order valence-corrected chi connectivity index (χ1v) is 11.5. The maximum atomic E-state index is 13.4. The first kappa shape index (κ1) is 18.4. The molecule has 0 spiro atoms. The Morgan fingerprint density at radius 2 is 0.962 bits per heavy atom. The summed E-state index contributed by atoms with van der Waals surface area (Å²) in [6.07, 6.45) is 0. The molecule has 8 heteroatoms. The summed E-state index contributed by atoms with van der Waals surface area (Å²) in [5.74, 6) is 0.464. The van der Waals surface area contributed by atoms with E-state index in [-0.39, 0.29) is 17.2 Å². The lowest BCUT2D eigenvalue weighted by molar-refractivity contribution is 0.325. The summed E-state index contributed by atoms with van der Waals surface area (Å²) < 4.78 is 29.4. The zero-order valence-electron chi connectivity index (χ0n) is 13.6. The van der Waals surface area contributed by atoms with Gasteiger partial charge in [0.25, 0.3) is 0 Å². The predicted octanol–water partition coefficient (Wildman–Crippen LogP) is 5.08. The maximum Gasteiger partial charge on any atom is 0.677 e. The van der Waals surface area contributed by atoms with Gasteiger partial charge in [0.05, 0.1) is 0 Å². The van der Waals surface area contributed by atoms with E-state index in [0.717, 1.165) is 0 Å². The fourth-order valence-electron chi connectivity index (χ4n) is 2.03. The van der Waals surface area contributed by atoms with Crippen LogP contribution in [0.15, 0.2) is 91.0 Å². The fraction of sp³-hybridized carbons (Fsp3) is 0. The number of benzene rings is 3. The highest BCUT2D eigenvalue weighted by atomic mass is 32.1. The molecule has 0 fully saturated rings. The van der Waals surface area contributed by atoms with E-state index in [4.69, 9.17) is 13.6 Å². The summed E-state index contributed by atoms with van der Waals surface area (Å²) in [4.78, 5) is 21.1. The summed E-state index contributed by atoms with van der Waals surface area (Å²) in [5, 5.41) is 0. The SMILES string of the molecule is O=P(Oc1ccccc1)(Oc1ccccc1)[P+](O)(O)Oc1ccccc1. The zero-order chi connectivity index (χ0) is 18.5. The van der Waals surface area contributed by atoms with Crippen molar-refractivity contribution in [1.29, 1.82) is 0 Å². The minimum Gasteiger partial charge on any atom is -0.382 e. The van der Waals surface area contributed by atoms with Crippen molar-refractivity contribution < 1.29 is 27.9 Å². The van der Waals surface area contributed by atoms with Crippen LogP contribution in [0.4, 0.5) is 0 Å². The molecule has 2 N–H and O–H groups in total. The van der Waals surface area contributed by atoms with Gasteiger partial charge in [-0.25, -0.2) is 0 Å². The molecule has 3 aromatic carbocycles. The molecule has 0 heterocycles. The van der Waals surface area contributed by atoms with Crippen molar-refractivity contribution in [2.75, 3.05) is 0 Å². The van der Waals surface area contributed by atoms with E-state index in [1.165, 1.54) is 36.4 Å². The van der Waals surface area contributed by atoms with Crippen molar-refractivity contribution in [3.63, 3.8) is 0 Å². The van der Waals surface area contributed by atoms with Crippen LogP contribution in [0, 0.1) is 0 Å². The molecule has 0 unspecified atom stereocenters. The summed E-state index contributed by atoms with van der Waals surface area (Å²) in [5.41, 5.74) is 0. The molecule has 0 radical (unpaired) electrons. The van der Waals surface area contributed by atoms with Crippen LogP contribution in [0.1, 0.15) is 0 Å². The third-order valence-electron chi connectivity index (χ3n) is 3.22. The molecule has 0 aliphatic heterocycles. The van der Waals surface area contributed by atoms with E-state index in [1.54, 1.807) is 54.6 Å². The van der Waals surface area contributed by atoms with Gasteiger partial charge < -0.3 is 9.05 Å². The Bertz CT molecular complexity index is 826. The van der Waals surface area contributed by atoms with Crippen molar-refractivity contribution in [3.05, 3.63) is 91.0 Å². The molecule has 0 aliphatic carbocycles. The van der Waals surface area contributed by atoms with E-state index in [9.17, 15) is 14.4 Å². The van der Waals surface area contributed by atoms with Crippen molar-refractivity contribution in [1.82, 2.24) is 0 Å². The molecular formula is C18H17O6P2+. The molecule has 0 aliphatic rings. The monoisotopic (exact) mass is 391 g/mol. The van der Waals surface area contributed by atoms with Crippen LogP contribution in [0.25, 0.3) is 0 Å². The van der Waals surface area contributed by atoms with Gasteiger partial charge in [-0.3, -0.25) is 4.52 Å². The summed E-state index contributed by atoms with van der Waals surface area (Å²) in [6.45, 7) is 0. The largest absolute Gasteiger partial charge is 0.677 e. The number of hydrogen-bond acceptors (Lipinski definition) is 6. The van der Waals surface area contributed by atoms with Gasteiger partial charge in [0, 0.05) is 0 Å². The Morgan fingerprint density at radius 1 is 0.615 bits per heavy atom. The molecule has 0 saturated heterocycles. The summed E-state index contributed by atoms with van der Waals surface area (Å²) in [7, 11) is -9.14. The Balaban J connectivity index is 1.94. The van der Waals surface area contributed by atoms with Gasteiger partial charge in [-0.15, -0.1) is 0 Å². The Morgan fingerprint density at radius 3 is 1.35 bits per heavy atom. The molecule has 0 amide bonds. The summed E-state index contributed by atoms with van der Waals surface area (Å²) in [6, 6.07) is 24.3. The standard InChI is InChI=1S/C18H17O6P2/c19-25(20,22-16-10-4-1-5-11-16)26(21,23-17-12-6-2-7-13-17)24-18-14-8-3-9-15-18/h1-15,19-20H/q+1. The molecular weight excluding hydrogens is 374 g/mol. The van der Waals surface area contributed by atoms with Gasteiger partial charge >= 0.3 is 14.9 Å². The molecule has 0 bridgehead atoms. The average Bonchev–Trinajstić information content (AvgIpc) is 2.63. The van der Waals surface area contributed by atoms with E-state index >= 15 is 0 Å². The zero-order valence-corrected chi connectivity index (χ0v) is 15.4. The second kappa shape index (κ2) is 7.90. The lowest BCUT2D eigenvalue weighted by atomic mass is 10.3. The van der Waals surface area contributed by atoms with Crippen molar-refractivity contribution in [2.45, 2.75) is 0 Å². The average molecular weight is 391 g/mol. The second-order valence-corrected chi connectivity index (χ2v) is 10.7. The van der Waals surface area contributed by atoms with E-state index in [2.05, 4.69) is 0 Å². The van der Waals surface area contributed by atoms with Crippen LogP contribution >= 0.6 is 14.9 Å². The molecule has 3 aromatic rings. The molecule has 0 aromatic heterocycles. The number of para-hydroxylation sites is 3. The lowest BCUT2D eigenvalue weighted by Gasteiger charge is -2.20. The van der Waals surface area contributed by atoms with E-state index in [0.29, 0.717) is 0 Å². The molecule has 26 heavy (non-hydrogen) atoms. The van der Waals surface area contributed by atoms with Gasteiger partial charge in [-0.2, -0.15) is 14.4 Å². The quantitative estimate of drug-likeness (QED) is 0.547. The Labute approximate surface area is 151 Å². The van der Waals surface area contributed by atoms with Crippen LogP contribution in [0.5, 0.6) is 17.2 Å². The van der Waals surface area contributed by atoms with Crippen LogP contribution in [-0.4, -0.2) is 9.79 Å². The maximum absolute atomic E-state index is 13.4. The molecule has 134 valence electrons. The minimum absolute atomic E-state index is 0.138. The number of rotatable bonds is 7. The predicted molar refractivity (Wildman–Crippen MR) is 100 cm³/mol. The van der Waals surface area contributed by atoms with Gasteiger partial charge in [0.15, 0.2) is 5.75 Å². The molecule has 0 atom stereocenters. The highest BCUT2D eigenvalue weighted by Gasteiger charge is 2.68. The highest BCUT2D eigenvalue weighted by molar-refractivity contribution is 8.31. The van der Waals surface area contributed by atoms with Crippen LogP contribution in [-0.2, 0) is 4.57 Å². The smallest absolute Gasteiger partial charge is 0.382 e. The van der Waals surface area contributed by atoms with Gasteiger partial charge in [-0.05, 0) is 36.4 Å². The van der Waals surface area contributed by atoms with Gasteiger partial charge in [0.1, 0.15) is 11.5 Å². The lowest BCUT2D eigenvalue weighted by Crippen LogP contribution is -2.10. The highest BCUT2D eigenvalue weighted by Crippen LogP contribution is 2.84. The number of hydrogen-bond donors (Lipinski definition) is 2. The second-order valence-electron chi connectivity index (χ2n) is 5.19. The first-order chi connectivity index (χ1) is 12.5. The normalized spacial score (nSPS) is 11.6. The van der Waals surface area contributed by atoms with Gasteiger partial charge in [-0.1, -0.05) is 54.6 Å². The minimum atomic E-state index is -4.61. The third kappa shape index (κ3) is 4.43. The Hall–Kier alpha value is -2.36. The summed E-state index contributed by atoms with van der Waals surface area (Å²) >= 11 is 0. The first-order valence-electron chi connectivity index (χ1n) is 7.67. The van der Waals surface area contributed by atoms with Crippen molar-refractivity contribution in [3.8, 4) is 17.2 Å². The van der Waals surface area contributed by atoms with Crippen LogP contribution < -0.4 is 13.6 Å². The molecule has 6 nitrogen and oxygen atoms in total. The van der Waals surface area contributed by atoms with E-state index < -0.39 is 14.9 Å².